The van der Waals surface area contributed by atoms with Crippen LogP contribution in [0.15, 0.2) is 41.1 Å². The quantitative estimate of drug-likeness (QED) is 0.562. The lowest BCUT2D eigenvalue weighted by Crippen LogP contribution is -2.27. The molecule has 0 aliphatic rings. The first-order valence-corrected chi connectivity index (χ1v) is 10.0. The minimum atomic E-state index is -0.248. The van der Waals surface area contributed by atoms with Crippen molar-refractivity contribution in [3.63, 3.8) is 0 Å². The van der Waals surface area contributed by atoms with Crippen LogP contribution in [-0.2, 0) is 13.3 Å². The Hall–Kier alpha value is -2.32. The second-order valence-corrected chi connectivity index (χ2v) is 7.60. The summed E-state index contributed by atoms with van der Waals surface area (Å²) in [6.07, 6.45) is 3.65. The van der Waals surface area contributed by atoms with Gasteiger partial charge in [-0.3, -0.25) is 9.48 Å². The van der Waals surface area contributed by atoms with Crippen molar-refractivity contribution in [2.24, 2.45) is 0 Å². The van der Waals surface area contributed by atoms with Crippen molar-refractivity contribution in [2.45, 2.75) is 40.1 Å². The van der Waals surface area contributed by atoms with Crippen molar-refractivity contribution >= 4 is 33.4 Å². The predicted molar refractivity (Wildman–Crippen MR) is 111 cm³/mol. The van der Waals surface area contributed by atoms with Gasteiger partial charge in [0.2, 0.25) is 0 Å². The molecule has 0 aliphatic carbocycles. The van der Waals surface area contributed by atoms with Gasteiger partial charge in [0.25, 0.3) is 5.91 Å². The molecule has 0 fully saturated rings. The summed E-state index contributed by atoms with van der Waals surface area (Å²) in [5, 5.41) is 12.3. The summed E-state index contributed by atoms with van der Waals surface area (Å²) >= 11 is 9.33. The predicted octanol–water partition coefficient (Wildman–Crippen LogP) is 4.35. The van der Waals surface area contributed by atoms with Crippen LogP contribution >= 0.6 is 27.5 Å². The van der Waals surface area contributed by atoms with E-state index in [2.05, 4.69) is 31.4 Å². The van der Waals surface area contributed by atoms with Gasteiger partial charge >= 0.3 is 0 Å². The Labute approximate surface area is 176 Å². The number of rotatable bonds is 7. The van der Waals surface area contributed by atoms with Crippen molar-refractivity contribution < 1.29 is 9.53 Å². The summed E-state index contributed by atoms with van der Waals surface area (Å²) < 4.78 is 9.87. The number of aromatic nitrogens is 4. The molecule has 1 amide bonds. The van der Waals surface area contributed by atoms with E-state index in [9.17, 15) is 4.79 Å². The third-order valence-electron chi connectivity index (χ3n) is 4.24. The van der Waals surface area contributed by atoms with Gasteiger partial charge in [0.1, 0.15) is 11.4 Å². The van der Waals surface area contributed by atoms with Gasteiger partial charge in [0.05, 0.1) is 16.2 Å². The lowest BCUT2D eigenvalue weighted by Gasteiger charge is -2.12. The van der Waals surface area contributed by atoms with Crippen LogP contribution in [0.1, 0.15) is 41.6 Å². The summed E-state index contributed by atoms with van der Waals surface area (Å²) in [6.45, 7) is 6.85. The molecule has 2 heterocycles. The Bertz CT molecular complexity index is 985. The van der Waals surface area contributed by atoms with Gasteiger partial charge in [-0.25, -0.2) is 4.68 Å². The molecule has 148 valence electrons. The van der Waals surface area contributed by atoms with Gasteiger partial charge in [-0.15, -0.1) is 0 Å². The molecule has 1 atom stereocenters. The van der Waals surface area contributed by atoms with Crippen molar-refractivity contribution in [1.29, 1.82) is 0 Å². The minimum absolute atomic E-state index is 0.167. The number of halogens is 2. The number of carbonyl (C=O) groups excluding carboxylic acids is 1. The van der Waals surface area contributed by atoms with Crippen LogP contribution < -0.4 is 10.1 Å². The number of benzene rings is 1. The summed E-state index contributed by atoms with van der Waals surface area (Å²) in [5.41, 5.74) is 2.22. The number of carbonyl (C=O) groups is 1. The van der Waals surface area contributed by atoms with Gasteiger partial charge in [-0.1, -0.05) is 11.6 Å². The fourth-order valence-corrected chi connectivity index (χ4v) is 3.55. The van der Waals surface area contributed by atoms with Crippen LogP contribution in [0.25, 0.3) is 0 Å². The Balaban J connectivity index is 1.61. The first-order chi connectivity index (χ1) is 13.4. The van der Waals surface area contributed by atoms with E-state index in [1.807, 2.05) is 31.6 Å². The average Bonchev–Trinajstić information content (AvgIpc) is 3.27. The van der Waals surface area contributed by atoms with Gasteiger partial charge in [0.15, 0.2) is 6.73 Å². The third kappa shape index (κ3) is 4.74. The molecule has 0 aliphatic heterocycles. The number of hydrogen-bond acceptors (Lipinski definition) is 4. The SMILES string of the molecule is CCn1cc(C(C)NC(=O)c2ccn(COc3ccc(Cl)cc3Br)n2)c(C)n1. The smallest absolute Gasteiger partial charge is 0.272 e. The van der Waals surface area contributed by atoms with Gasteiger partial charge in [-0.2, -0.15) is 10.2 Å². The highest BCUT2D eigenvalue weighted by Crippen LogP contribution is 2.28. The molecule has 2 aromatic heterocycles. The maximum Gasteiger partial charge on any atom is 0.272 e. The van der Waals surface area contributed by atoms with E-state index in [4.69, 9.17) is 16.3 Å². The molecule has 0 saturated heterocycles. The van der Waals surface area contributed by atoms with Gasteiger partial charge in [-0.05, 0) is 61.0 Å². The highest BCUT2D eigenvalue weighted by molar-refractivity contribution is 9.10. The van der Waals surface area contributed by atoms with Crippen LogP contribution in [0.4, 0.5) is 0 Å². The molecule has 3 aromatic rings. The van der Waals surface area contributed by atoms with Crippen molar-refractivity contribution in [2.75, 3.05) is 0 Å². The molecular formula is C19H21BrClN5O2. The second-order valence-electron chi connectivity index (χ2n) is 6.31. The van der Waals surface area contributed by atoms with Crippen molar-refractivity contribution in [1.82, 2.24) is 24.9 Å². The average molecular weight is 467 g/mol. The molecule has 28 heavy (non-hydrogen) atoms. The Morgan fingerprint density at radius 2 is 2.11 bits per heavy atom. The lowest BCUT2D eigenvalue weighted by atomic mass is 10.1. The number of ether oxygens (including phenoxy) is 1. The highest BCUT2D eigenvalue weighted by atomic mass is 79.9. The number of aryl methyl sites for hydroxylation is 2. The molecule has 1 unspecified atom stereocenters. The molecule has 0 radical (unpaired) electrons. The van der Waals surface area contributed by atoms with Crippen LogP contribution in [0, 0.1) is 6.92 Å². The summed E-state index contributed by atoms with van der Waals surface area (Å²) in [4.78, 5) is 12.5. The molecule has 7 nitrogen and oxygen atoms in total. The molecule has 1 N–H and O–H groups in total. The van der Waals surface area contributed by atoms with E-state index in [-0.39, 0.29) is 18.7 Å². The molecule has 9 heteroatoms. The first kappa shape index (κ1) is 20.4. The number of nitrogens with zero attached hydrogens (tertiary/aromatic N) is 4. The fourth-order valence-electron chi connectivity index (χ4n) is 2.75. The normalized spacial score (nSPS) is 12.0. The summed E-state index contributed by atoms with van der Waals surface area (Å²) in [6, 6.07) is 6.75. The molecule has 1 aromatic carbocycles. The minimum Gasteiger partial charge on any atom is -0.470 e. The summed E-state index contributed by atoms with van der Waals surface area (Å²) in [7, 11) is 0. The van der Waals surface area contributed by atoms with E-state index < -0.39 is 0 Å². The largest absolute Gasteiger partial charge is 0.470 e. The Morgan fingerprint density at radius 1 is 1.32 bits per heavy atom. The monoisotopic (exact) mass is 465 g/mol. The number of nitrogens with one attached hydrogen (secondary N) is 1. The van der Waals surface area contributed by atoms with Crippen LogP contribution in [0.2, 0.25) is 5.02 Å². The number of hydrogen-bond donors (Lipinski definition) is 1. The topological polar surface area (TPSA) is 74.0 Å². The van der Waals surface area contributed by atoms with E-state index in [0.29, 0.717) is 16.5 Å². The van der Waals surface area contributed by atoms with Gasteiger partial charge < -0.3 is 10.1 Å². The summed E-state index contributed by atoms with van der Waals surface area (Å²) in [5.74, 6) is 0.394. The molecule has 0 bridgehead atoms. The van der Waals surface area contributed by atoms with Gasteiger partial charge in [0, 0.05) is 29.5 Å². The maximum absolute atomic E-state index is 12.5. The molecule has 0 spiro atoms. The van der Waals surface area contributed by atoms with E-state index >= 15 is 0 Å². The van der Waals surface area contributed by atoms with Crippen LogP contribution in [0.3, 0.4) is 0 Å². The van der Waals surface area contributed by atoms with E-state index in [1.54, 1.807) is 35.1 Å². The number of amides is 1. The Morgan fingerprint density at radius 3 is 2.79 bits per heavy atom. The zero-order valence-electron chi connectivity index (χ0n) is 15.8. The Kier molecular flexibility index (Phi) is 6.41. The molecular weight excluding hydrogens is 446 g/mol. The first-order valence-electron chi connectivity index (χ1n) is 8.83. The van der Waals surface area contributed by atoms with Crippen molar-refractivity contribution in [3.05, 3.63) is 63.1 Å². The fraction of sp³-hybridized carbons (Fsp3) is 0.316. The lowest BCUT2D eigenvalue weighted by molar-refractivity contribution is 0.0932. The second kappa shape index (κ2) is 8.79. The highest BCUT2D eigenvalue weighted by Gasteiger charge is 2.17. The zero-order chi connectivity index (χ0) is 20.3. The molecule has 0 saturated carbocycles. The van der Waals surface area contributed by atoms with Crippen LogP contribution in [-0.4, -0.2) is 25.5 Å². The van der Waals surface area contributed by atoms with E-state index in [1.165, 1.54) is 0 Å². The third-order valence-corrected chi connectivity index (χ3v) is 5.10. The van der Waals surface area contributed by atoms with E-state index in [0.717, 1.165) is 22.3 Å². The zero-order valence-corrected chi connectivity index (χ0v) is 18.2. The van der Waals surface area contributed by atoms with Crippen molar-refractivity contribution in [3.8, 4) is 5.75 Å². The maximum atomic E-state index is 12.5. The standard InChI is InChI=1S/C19H21BrClN5O2/c1-4-25-10-15(13(3)23-25)12(2)22-19(27)17-7-8-26(24-17)11-28-18-6-5-14(21)9-16(18)20/h5-10,12H,4,11H2,1-3H3,(H,22,27). The molecule has 3 rings (SSSR count). The van der Waals surface area contributed by atoms with Crippen LogP contribution in [0.5, 0.6) is 5.75 Å².